The fourth-order valence-corrected chi connectivity index (χ4v) is 2.43. The molecule has 1 aromatic carbocycles. The third-order valence-corrected chi connectivity index (χ3v) is 3.56. The van der Waals surface area contributed by atoms with Gasteiger partial charge in [-0.2, -0.15) is 0 Å². The van der Waals surface area contributed by atoms with Crippen molar-refractivity contribution in [1.29, 1.82) is 0 Å². The number of benzene rings is 1. The lowest BCUT2D eigenvalue weighted by Crippen LogP contribution is -2.50. The van der Waals surface area contributed by atoms with Crippen LogP contribution in [-0.4, -0.2) is 60.9 Å². The topological polar surface area (TPSA) is 76.1 Å². The average Bonchev–Trinajstić information content (AvgIpc) is 2.52. The van der Waals surface area contributed by atoms with Crippen molar-refractivity contribution in [2.24, 2.45) is 0 Å². The third kappa shape index (κ3) is 5.13. The first kappa shape index (κ1) is 16.5. The van der Waals surface area contributed by atoms with Crippen LogP contribution in [0.2, 0.25) is 0 Å². The Morgan fingerprint density at radius 2 is 2.09 bits per heavy atom. The molecule has 6 heteroatoms. The number of ether oxygens (including phenoxy) is 2. The van der Waals surface area contributed by atoms with Gasteiger partial charge in [0, 0.05) is 6.54 Å². The summed E-state index contributed by atoms with van der Waals surface area (Å²) in [6, 6.07) is 9.49. The molecule has 0 saturated carbocycles. The standard InChI is InChI=1S/C16H21NO5/c18-15(12-21-8-6-13-4-2-1-3-5-13)17-7-9-22-11-14(17)10-16(19)20/h1-5,14H,6-12H2,(H,19,20)/t14-/m1/s1. The highest BCUT2D eigenvalue weighted by molar-refractivity contribution is 5.79. The molecular formula is C16H21NO5. The van der Waals surface area contributed by atoms with Gasteiger partial charge in [0.2, 0.25) is 5.91 Å². The van der Waals surface area contributed by atoms with Gasteiger partial charge in [-0.3, -0.25) is 9.59 Å². The van der Waals surface area contributed by atoms with Crippen LogP contribution in [0.3, 0.4) is 0 Å². The molecule has 1 aromatic rings. The van der Waals surface area contributed by atoms with Gasteiger partial charge in [0.15, 0.2) is 0 Å². The normalized spacial score (nSPS) is 18.2. The summed E-state index contributed by atoms with van der Waals surface area (Å²) in [4.78, 5) is 24.5. The van der Waals surface area contributed by atoms with Crippen LogP contribution in [0.5, 0.6) is 0 Å². The maximum atomic E-state index is 12.2. The zero-order valence-electron chi connectivity index (χ0n) is 12.4. The van der Waals surface area contributed by atoms with Crippen LogP contribution in [0.25, 0.3) is 0 Å². The zero-order valence-corrected chi connectivity index (χ0v) is 12.4. The number of hydrogen-bond acceptors (Lipinski definition) is 4. The molecule has 1 N–H and O–H groups in total. The van der Waals surface area contributed by atoms with Crippen LogP contribution in [-0.2, 0) is 25.5 Å². The molecule has 2 rings (SSSR count). The first-order valence-electron chi connectivity index (χ1n) is 7.37. The number of carbonyl (C=O) groups is 2. The second-order valence-electron chi connectivity index (χ2n) is 5.20. The molecule has 22 heavy (non-hydrogen) atoms. The monoisotopic (exact) mass is 307 g/mol. The van der Waals surface area contributed by atoms with Gasteiger partial charge in [0.25, 0.3) is 0 Å². The maximum absolute atomic E-state index is 12.2. The lowest BCUT2D eigenvalue weighted by atomic mass is 10.1. The van der Waals surface area contributed by atoms with Crippen molar-refractivity contribution in [3.05, 3.63) is 35.9 Å². The Balaban J connectivity index is 1.74. The van der Waals surface area contributed by atoms with E-state index in [0.29, 0.717) is 19.8 Å². The minimum atomic E-state index is -0.932. The molecule has 6 nitrogen and oxygen atoms in total. The molecule has 0 radical (unpaired) electrons. The number of carboxylic acids is 1. The fourth-order valence-electron chi connectivity index (χ4n) is 2.43. The minimum Gasteiger partial charge on any atom is -0.481 e. The molecule has 0 bridgehead atoms. The number of aliphatic carboxylic acids is 1. The molecule has 1 atom stereocenters. The fraction of sp³-hybridized carbons (Fsp3) is 0.500. The SMILES string of the molecule is O=C(O)C[C@@H]1COCCN1C(=O)COCCc1ccccc1. The Bertz CT molecular complexity index is 491. The number of nitrogens with zero attached hydrogens (tertiary/aromatic N) is 1. The van der Waals surface area contributed by atoms with E-state index in [1.807, 2.05) is 30.3 Å². The first-order chi connectivity index (χ1) is 10.7. The molecule has 0 aliphatic carbocycles. The number of morpholine rings is 1. The molecule has 1 fully saturated rings. The lowest BCUT2D eigenvalue weighted by molar-refractivity contribution is -0.149. The minimum absolute atomic E-state index is 0.0248. The second kappa shape index (κ2) is 8.51. The first-order valence-corrected chi connectivity index (χ1v) is 7.37. The molecule has 0 spiro atoms. The molecule has 0 aromatic heterocycles. The van der Waals surface area contributed by atoms with Crippen molar-refractivity contribution in [2.45, 2.75) is 18.9 Å². The lowest BCUT2D eigenvalue weighted by Gasteiger charge is -2.34. The highest BCUT2D eigenvalue weighted by Crippen LogP contribution is 2.11. The van der Waals surface area contributed by atoms with Crippen LogP contribution in [0, 0.1) is 0 Å². The molecule has 120 valence electrons. The van der Waals surface area contributed by atoms with E-state index in [1.54, 1.807) is 4.90 Å². The van der Waals surface area contributed by atoms with Crippen LogP contribution in [0.1, 0.15) is 12.0 Å². The molecular weight excluding hydrogens is 286 g/mol. The number of carboxylic acid groups (broad SMARTS) is 1. The Kier molecular flexibility index (Phi) is 6.36. The van der Waals surface area contributed by atoms with Crippen molar-refractivity contribution >= 4 is 11.9 Å². The summed E-state index contributed by atoms with van der Waals surface area (Å²) in [5.74, 6) is -1.11. The largest absolute Gasteiger partial charge is 0.481 e. The van der Waals surface area contributed by atoms with Crippen molar-refractivity contribution in [3.63, 3.8) is 0 Å². The number of amides is 1. The predicted octanol–water partition coefficient (Wildman–Crippen LogP) is 0.948. The van der Waals surface area contributed by atoms with E-state index in [0.717, 1.165) is 12.0 Å². The van der Waals surface area contributed by atoms with Gasteiger partial charge in [-0.25, -0.2) is 0 Å². The van der Waals surface area contributed by atoms with E-state index >= 15 is 0 Å². The summed E-state index contributed by atoms with van der Waals surface area (Å²) in [5, 5.41) is 8.88. The zero-order chi connectivity index (χ0) is 15.8. The van der Waals surface area contributed by atoms with Crippen LogP contribution in [0.4, 0.5) is 0 Å². The summed E-state index contributed by atoms with van der Waals surface area (Å²) in [6.07, 6.45) is 0.644. The van der Waals surface area contributed by atoms with Gasteiger partial charge < -0.3 is 19.5 Å². The van der Waals surface area contributed by atoms with E-state index in [-0.39, 0.29) is 25.5 Å². The molecule has 1 aliphatic rings. The van der Waals surface area contributed by atoms with Crippen LogP contribution < -0.4 is 0 Å². The molecule has 1 aliphatic heterocycles. The third-order valence-electron chi connectivity index (χ3n) is 3.56. The smallest absolute Gasteiger partial charge is 0.305 e. The van der Waals surface area contributed by atoms with Crippen molar-refractivity contribution < 1.29 is 24.2 Å². The summed E-state index contributed by atoms with van der Waals surface area (Å²) >= 11 is 0. The van der Waals surface area contributed by atoms with Crippen LogP contribution in [0.15, 0.2) is 30.3 Å². The van der Waals surface area contributed by atoms with Crippen molar-refractivity contribution in [3.8, 4) is 0 Å². The summed E-state index contributed by atoms with van der Waals surface area (Å²) in [7, 11) is 0. The van der Waals surface area contributed by atoms with E-state index in [9.17, 15) is 9.59 Å². The van der Waals surface area contributed by atoms with Crippen LogP contribution >= 0.6 is 0 Å². The van der Waals surface area contributed by atoms with E-state index < -0.39 is 12.0 Å². The number of hydrogen-bond donors (Lipinski definition) is 1. The summed E-state index contributed by atoms with van der Waals surface area (Å²) in [6.45, 7) is 1.55. The van der Waals surface area contributed by atoms with Gasteiger partial charge in [-0.1, -0.05) is 30.3 Å². The maximum Gasteiger partial charge on any atom is 0.305 e. The van der Waals surface area contributed by atoms with E-state index in [4.69, 9.17) is 14.6 Å². The number of carbonyl (C=O) groups excluding carboxylic acids is 1. The average molecular weight is 307 g/mol. The highest BCUT2D eigenvalue weighted by atomic mass is 16.5. The molecule has 1 amide bonds. The summed E-state index contributed by atoms with van der Waals surface area (Å²) < 4.78 is 10.7. The van der Waals surface area contributed by atoms with Gasteiger partial charge >= 0.3 is 5.97 Å². The van der Waals surface area contributed by atoms with E-state index in [1.165, 1.54) is 0 Å². The van der Waals surface area contributed by atoms with Gasteiger partial charge in [0.1, 0.15) is 6.61 Å². The Hall–Kier alpha value is -1.92. The van der Waals surface area contributed by atoms with E-state index in [2.05, 4.69) is 0 Å². The Morgan fingerprint density at radius 1 is 1.32 bits per heavy atom. The Labute approximate surface area is 129 Å². The van der Waals surface area contributed by atoms with Gasteiger partial charge in [0.05, 0.1) is 32.3 Å². The quantitative estimate of drug-likeness (QED) is 0.759. The second-order valence-corrected chi connectivity index (χ2v) is 5.20. The molecule has 1 heterocycles. The molecule has 0 unspecified atom stereocenters. The number of rotatable bonds is 7. The van der Waals surface area contributed by atoms with Crippen molar-refractivity contribution in [2.75, 3.05) is 33.0 Å². The van der Waals surface area contributed by atoms with Gasteiger partial charge in [-0.15, -0.1) is 0 Å². The summed E-state index contributed by atoms with van der Waals surface area (Å²) in [5.41, 5.74) is 1.16. The molecule has 1 saturated heterocycles. The predicted molar refractivity (Wildman–Crippen MR) is 79.5 cm³/mol. The van der Waals surface area contributed by atoms with Crippen molar-refractivity contribution in [1.82, 2.24) is 4.90 Å². The van der Waals surface area contributed by atoms with Gasteiger partial charge in [-0.05, 0) is 12.0 Å². The highest BCUT2D eigenvalue weighted by Gasteiger charge is 2.28. The Morgan fingerprint density at radius 3 is 2.82 bits per heavy atom.